The van der Waals surface area contributed by atoms with Crippen molar-refractivity contribution in [3.63, 3.8) is 0 Å². The van der Waals surface area contributed by atoms with Gasteiger partial charge in [-0.25, -0.2) is 0 Å². The monoisotopic (exact) mass is 269 g/mol. The van der Waals surface area contributed by atoms with Crippen molar-refractivity contribution >= 4 is 5.97 Å². The van der Waals surface area contributed by atoms with E-state index in [1.807, 2.05) is 0 Å². The number of aliphatic carboxylic acids is 1. The van der Waals surface area contributed by atoms with Crippen molar-refractivity contribution in [1.82, 2.24) is 5.32 Å². The van der Waals surface area contributed by atoms with Crippen LogP contribution in [0.2, 0.25) is 0 Å². The second-order valence-corrected chi connectivity index (χ2v) is 6.03. The van der Waals surface area contributed by atoms with Gasteiger partial charge in [0.05, 0.1) is 5.92 Å². The highest BCUT2D eigenvalue weighted by Gasteiger charge is 2.25. The Bertz CT molecular complexity index is 235. The molecule has 1 saturated carbocycles. The van der Waals surface area contributed by atoms with Gasteiger partial charge in [0.15, 0.2) is 0 Å². The molecule has 2 N–H and O–H groups in total. The van der Waals surface area contributed by atoms with E-state index in [0.717, 1.165) is 38.8 Å². The second kappa shape index (κ2) is 10.2. The van der Waals surface area contributed by atoms with Gasteiger partial charge < -0.3 is 10.4 Å². The molecule has 0 aromatic carbocycles. The third-order valence-electron chi connectivity index (χ3n) is 4.34. The van der Waals surface area contributed by atoms with Crippen molar-refractivity contribution in [2.24, 2.45) is 11.8 Å². The zero-order valence-corrected chi connectivity index (χ0v) is 12.5. The molecule has 0 aromatic heterocycles. The van der Waals surface area contributed by atoms with Gasteiger partial charge in [0.2, 0.25) is 0 Å². The van der Waals surface area contributed by atoms with Crippen LogP contribution in [0.25, 0.3) is 0 Å². The fourth-order valence-corrected chi connectivity index (χ4v) is 2.95. The summed E-state index contributed by atoms with van der Waals surface area (Å²) in [4.78, 5) is 10.9. The Kier molecular flexibility index (Phi) is 8.89. The van der Waals surface area contributed by atoms with Crippen LogP contribution in [-0.2, 0) is 4.79 Å². The number of unbranched alkanes of at least 4 members (excludes halogenated alkanes) is 5. The quantitative estimate of drug-likeness (QED) is 0.593. The maximum absolute atomic E-state index is 10.9. The van der Waals surface area contributed by atoms with Crippen molar-refractivity contribution in [1.29, 1.82) is 0 Å². The second-order valence-electron chi connectivity index (χ2n) is 6.03. The number of hydrogen-bond donors (Lipinski definition) is 2. The summed E-state index contributed by atoms with van der Waals surface area (Å²) in [7, 11) is 0. The summed E-state index contributed by atoms with van der Waals surface area (Å²) < 4.78 is 0. The van der Waals surface area contributed by atoms with Gasteiger partial charge in [0.1, 0.15) is 0 Å². The van der Waals surface area contributed by atoms with Gasteiger partial charge in [0, 0.05) is 0 Å². The summed E-state index contributed by atoms with van der Waals surface area (Å²) in [5.74, 6) is 0.0315. The number of carboxylic acids is 1. The van der Waals surface area contributed by atoms with Crippen molar-refractivity contribution < 1.29 is 9.90 Å². The summed E-state index contributed by atoms with van der Waals surface area (Å²) in [6, 6.07) is 0. The standard InChI is InChI=1S/C16H31NO2/c1-2-3-4-5-6-7-12-17-13-14-8-10-15(11-9-14)16(18)19/h14-15,17H,2-13H2,1H3,(H,18,19). The topological polar surface area (TPSA) is 49.3 Å². The SMILES string of the molecule is CCCCCCCCNCC1CCC(C(=O)O)CC1. The Labute approximate surface area is 118 Å². The van der Waals surface area contributed by atoms with Crippen LogP contribution in [0, 0.1) is 11.8 Å². The first kappa shape index (κ1) is 16.5. The molecule has 0 spiro atoms. The average Bonchev–Trinajstić information content (AvgIpc) is 2.42. The zero-order chi connectivity index (χ0) is 13.9. The molecule has 19 heavy (non-hydrogen) atoms. The highest BCUT2D eigenvalue weighted by molar-refractivity contribution is 5.69. The van der Waals surface area contributed by atoms with Crippen molar-refractivity contribution in [3.05, 3.63) is 0 Å². The molecule has 0 bridgehead atoms. The molecule has 0 aromatic rings. The van der Waals surface area contributed by atoms with E-state index >= 15 is 0 Å². The molecule has 1 rings (SSSR count). The van der Waals surface area contributed by atoms with Gasteiger partial charge in [-0.05, 0) is 51.1 Å². The molecule has 0 saturated heterocycles. The highest BCUT2D eigenvalue weighted by Crippen LogP contribution is 2.28. The first-order valence-electron chi connectivity index (χ1n) is 8.17. The van der Waals surface area contributed by atoms with Gasteiger partial charge in [0.25, 0.3) is 0 Å². The number of nitrogens with one attached hydrogen (secondary N) is 1. The highest BCUT2D eigenvalue weighted by atomic mass is 16.4. The van der Waals surface area contributed by atoms with Crippen LogP contribution in [-0.4, -0.2) is 24.2 Å². The molecule has 0 radical (unpaired) electrons. The molecule has 0 heterocycles. The van der Waals surface area contributed by atoms with Crippen LogP contribution in [0.5, 0.6) is 0 Å². The number of rotatable bonds is 10. The van der Waals surface area contributed by atoms with Crippen molar-refractivity contribution in [2.75, 3.05) is 13.1 Å². The minimum Gasteiger partial charge on any atom is -0.481 e. The fraction of sp³-hybridized carbons (Fsp3) is 0.938. The predicted octanol–water partition coefficient (Wildman–Crippen LogP) is 3.83. The Morgan fingerprint density at radius 1 is 1.05 bits per heavy atom. The smallest absolute Gasteiger partial charge is 0.306 e. The summed E-state index contributed by atoms with van der Waals surface area (Å²) in [6.45, 7) is 4.47. The van der Waals surface area contributed by atoms with Gasteiger partial charge in [-0.1, -0.05) is 39.0 Å². The predicted molar refractivity (Wildman–Crippen MR) is 79.3 cm³/mol. The lowest BCUT2D eigenvalue weighted by Crippen LogP contribution is -2.29. The average molecular weight is 269 g/mol. The molecule has 0 amide bonds. The molecule has 0 atom stereocenters. The van der Waals surface area contributed by atoms with E-state index < -0.39 is 5.97 Å². The Morgan fingerprint density at radius 3 is 2.32 bits per heavy atom. The number of carbonyl (C=O) groups is 1. The number of carboxylic acid groups (broad SMARTS) is 1. The minimum atomic E-state index is -0.599. The minimum absolute atomic E-state index is 0.0742. The van der Waals surface area contributed by atoms with Gasteiger partial charge in [-0.2, -0.15) is 0 Å². The summed E-state index contributed by atoms with van der Waals surface area (Å²) in [5, 5.41) is 12.5. The van der Waals surface area contributed by atoms with Gasteiger partial charge in [-0.15, -0.1) is 0 Å². The molecule has 112 valence electrons. The van der Waals surface area contributed by atoms with E-state index in [0.29, 0.717) is 5.92 Å². The summed E-state index contributed by atoms with van der Waals surface area (Å²) in [5.41, 5.74) is 0. The van der Waals surface area contributed by atoms with E-state index in [1.165, 1.54) is 38.5 Å². The van der Waals surface area contributed by atoms with Crippen molar-refractivity contribution in [2.45, 2.75) is 71.1 Å². The van der Waals surface area contributed by atoms with E-state index in [2.05, 4.69) is 12.2 Å². The molecule has 1 aliphatic carbocycles. The maximum atomic E-state index is 10.9. The fourth-order valence-electron chi connectivity index (χ4n) is 2.95. The van der Waals surface area contributed by atoms with Crippen LogP contribution in [0.4, 0.5) is 0 Å². The third-order valence-corrected chi connectivity index (χ3v) is 4.34. The third kappa shape index (κ3) is 7.56. The lowest BCUT2D eigenvalue weighted by Gasteiger charge is -2.26. The van der Waals surface area contributed by atoms with Gasteiger partial charge >= 0.3 is 5.97 Å². The van der Waals surface area contributed by atoms with Crippen LogP contribution < -0.4 is 5.32 Å². The largest absolute Gasteiger partial charge is 0.481 e. The van der Waals surface area contributed by atoms with E-state index in [9.17, 15) is 4.79 Å². The zero-order valence-electron chi connectivity index (χ0n) is 12.5. The van der Waals surface area contributed by atoms with Crippen LogP contribution in [0.3, 0.4) is 0 Å². The molecule has 3 heteroatoms. The van der Waals surface area contributed by atoms with E-state index in [4.69, 9.17) is 5.11 Å². The maximum Gasteiger partial charge on any atom is 0.306 e. The lowest BCUT2D eigenvalue weighted by atomic mass is 9.82. The molecule has 3 nitrogen and oxygen atoms in total. The molecular weight excluding hydrogens is 238 g/mol. The molecule has 0 aliphatic heterocycles. The summed E-state index contributed by atoms with van der Waals surface area (Å²) in [6.07, 6.45) is 12.0. The molecule has 1 fully saturated rings. The molecular formula is C16H31NO2. The Balaban J connectivity index is 1.89. The van der Waals surface area contributed by atoms with Gasteiger partial charge in [-0.3, -0.25) is 4.79 Å². The van der Waals surface area contributed by atoms with Crippen LogP contribution in [0.15, 0.2) is 0 Å². The Hall–Kier alpha value is -0.570. The van der Waals surface area contributed by atoms with E-state index in [1.54, 1.807) is 0 Å². The van der Waals surface area contributed by atoms with Crippen LogP contribution in [0.1, 0.15) is 71.1 Å². The first-order chi connectivity index (χ1) is 9.24. The Morgan fingerprint density at radius 2 is 1.68 bits per heavy atom. The molecule has 0 unspecified atom stereocenters. The number of hydrogen-bond acceptors (Lipinski definition) is 2. The van der Waals surface area contributed by atoms with E-state index in [-0.39, 0.29) is 5.92 Å². The summed E-state index contributed by atoms with van der Waals surface area (Å²) >= 11 is 0. The van der Waals surface area contributed by atoms with Crippen LogP contribution >= 0.6 is 0 Å². The normalized spacial score (nSPS) is 23.4. The molecule has 1 aliphatic rings. The first-order valence-corrected chi connectivity index (χ1v) is 8.17. The van der Waals surface area contributed by atoms with Crippen molar-refractivity contribution in [3.8, 4) is 0 Å². The lowest BCUT2D eigenvalue weighted by molar-refractivity contribution is -0.143.